The first-order chi connectivity index (χ1) is 12.4. The van der Waals surface area contributed by atoms with Gasteiger partial charge in [0, 0.05) is 37.3 Å². The molecule has 3 aromatic rings. The van der Waals surface area contributed by atoms with E-state index in [0.717, 1.165) is 49.3 Å². The maximum atomic E-state index is 5.40. The van der Waals surface area contributed by atoms with E-state index in [0.29, 0.717) is 11.8 Å². The molecule has 0 amide bonds. The zero-order valence-electron chi connectivity index (χ0n) is 13.8. The van der Waals surface area contributed by atoms with Gasteiger partial charge in [-0.3, -0.25) is 4.98 Å². The smallest absolute Gasteiger partial charge is 0.229 e. The predicted octanol–water partition coefficient (Wildman–Crippen LogP) is 2.31. The first-order valence-electron chi connectivity index (χ1n) is 8.77. The Bertz CT molecular complexity index is 848. The van der Waals surface area contributed by atoms with Crippen LogP contribution in [-0.2, 0) is 0 Å². The van der Waals surface area contributed by atoms with E-state index < -0.39 is 0 Å². The highest BCUT2D eigenvalue weighted by atomic mass is 16.5. The van der Waals surface area contributed by atoms with Gasteiger partial charge in [-0.15, -0.1) is 0 Å². The number of anilines is 1. The summed E-state index contributed by atoms with van der Waals surface area (Å²) in [5, 5.41) is 8.42. The largest absolute Gasteiger partial charge is 0.355 e. The molecule has 0 aromatic carbocycles. The van der Waals surface area contributed by atoms with Gasteiger partial charge in [0.15, 0.2) is 11.6 Å². The highest BCUT2D eigenvalue weighted by Gasteiger charge is 2.32. The molecule has 0 atom stereocenters. The van der Waals surface area contributed by atoms with Gasteiger partial charge < -0.3 is 9.42 Å². The van der Waals surface area contributed by atoms with Crippen LogP contribution in [-0.4, -0.2) is 43.0 Å². The maximum Gasteiger partial charge on any atom is 0.229 e. The van der Waals surface area contributed by atoms with Crippen LogP contribution < -0.4 is 4.90 Å². The van der Waals surface area contributed by atoms with Crippen LogP contribution in [0.25, 0.3) is 5.82 Å². The van der Waals surface area contributed by atoms with E-state index in [2.05, 4.69) is 30.1 Å². The van der Waals surface area contributed by atoms with Crippen LogP contribution in [0.1, 0.15) is 49.2 Å². The molecule has 2 fully saturated rings. The van der Waals surface area contributed by atoms with Crippen molar-refractivity contribution in [3.8, 4) is 5.82 Å². The fourth-order valence-electron chi connectivity index (χ4n) is 3.29. The summed E-state index contributed by atoms with van der Waals surface area (Å²) in [7, 11) is 0. The number of hydrogen-bond acceptors (Lipinski definition) is 7. The van der Waals surface area contributed by atoms with Crippen LogP contribution in [0.3, 0.4) is 0 Å². The lowest BCUT2D eigenvalue weighted by Gasteiger charge is -2.31. The van der Waals surface area contributed by atoms with Gasteiger partial charge in [-0.2, -0.15) is 10.1 Å². The molecule has 0 spiro atoms. The third-order valence-corrected chi connectivity index (χ3v) is 4.92. The minimum absolute atomic E-state index is 0.370. The summed E-state index contributed by atoms with van der Waals surface area (Å²) in [5.74, 6) is 4.21. The van der Waals surface area contributed by atoms with Gasteiger partial charge in [0.1, 0.15) is 5.82 Å². The Labute approximate surface area is 144 Å². The molecular formula is C17H19N7O. The van der Waals surface area contributed by atoms with Crippen LogP contribution in [0.15, 0.2) is 35.4 Å². The van der Waals surface area contributed by atoms with E-state index in [1.807, 2.05) is 18.5 Å². The maximum absolute atomic E-state index is 5.40. The molecule has 1 saturated carbocycles. The molecule has 128 valence electrons. The molecule has 0 bridgehead atoms. The highest BCUT2D eigenvalue weighted by molar-refractivity contribution is 5.40. The Balaban J connectivity index is 1.27. The molecule has 1 aliphatic heterocycles. The monoisotopic (exact) mass is 337 g/mol. The average Bonchev–Trinajstić information content (AvgIpc) is 3.17. The lowest BCUT2D eigenvalue weighted by Crippen LogP contribution is -2.34. The third-order valence-electron chi connectivity index (χ3n) is 4.92. The van der Waals surface area contributed by atoms with Crippen molar-refractivity contribution in [3.63, 3.8) is 0 Å². The molecule has 0 N–H and O–H groups in total. The molecule has 25 heavy (non-hydrogen) atoms. The van der Waals surface area contributed by atoms with E-state index in [9.17, 15) is 0 Å². The summed E-state index contributed by atoms with van der Waals surface area (Å²) < 4.78 is 7.13. The standard InChI is InChI=1S/C17H19N7O/c1-6-19-24(7-1)15-11-18-10-14(20-15)23-8-4-12(5-9-23)16-21-17(25-22-16)13-2-3-13/h1,6-7,10-13H,2-5,8-9H2. The van der Waals surface area contributed by atoms with Crippen molar-refractivity contribution < 1.29 is 4.52 Å². The molecule has 5 rings (SSSR count). The number of nitrogens with zero attached hydrogens (tertiary/aromatic N) is 7. The second-order valence-corrected chi connectivity index (χ2v) is 6.71. The van der Waals surface area contributed by atoms with Crippen molar-refractivity contribution in [3.05, 3.63) is 42.6 Å². The molecule has 2 aliphatic rings. The van der Waals surface area contributed by atoms with Gasteiger partial charge >= 0.3 is 0 Å². The summed E-state index contributed by atoms with van der Waals surface area (Å²) in [4.78, 5) is 15.9. The minimum Gasteiger partial charge on any atom is -0.355 e. The van der Waals surface area contributed by atoms with Gasteiger partial charge in [0.2, 0.25) is 5.89 Å². The minimum atomic E-state index is 0.370. The zero-order valence-corrected chi connectivity index (χ0v) is 13.8. The van der Waals surface area contributed by atoms with E-state index >= 15 is 0 Å². The number of piperidine rings is 1. The number of aromatic nitrogens is 6. The first kappa shape index (κ1) is 14.6. The van der Waals surface area contributed by atoms with Gasteiger partial charge in [0.25, 0.3) is 0 Å². The Morgan fingerprint density at radius 1 is 0.960 bits per heavy atom. The fourth-order valence-corrected chi connectivity index (χ4v) is 3.29. The Hall–Kier alpha value is -2.77. The van der Waals surface area contributed by atoms with Gasteiger partial charge in [-0.05, 0) is 31.7 Å². The van der Waals surface area contributed by atoms with Crippen LogP contribution in [0.5, 0.6) is 0 Å². The van der Waals surface area contributed by atoms with Crippen molar-refractivity contribution >= 4 is 5.82 Å². The second kappa shape index (κ2) is 5.94. The second-order valence-electron chi connectivity index (χ2n) is 6.71. The summed E-state index contributed by atoms with van der Waals surface area (Å²) in [5.41, 5.74) is 0. The lowest BCUT2D eigenvalue weighted by atomic mass is 9.96. The quantitative estimate of drug-likeness (QED) is 0.722. The molecule has 4 heterocycles. The lowest BCUT2D eigenvalue weighted by molar-refractivity contribution is 0.364. The van der Waals surface area contributed by atoms with Crippen molar-refractivity contribution in [2.45, 2.75) is 37.5 Å². The molecule has 8 heteroatoms. The van der Waals surface area contributed by atoms with Crippen LogP contribution in [0.2, 0.25) is 0 Å². The Kier molecular flexibility index (Phi) is 3.46. The summed E-state index contributed by atoms with van der Waals surface area (Å²) in [6.07, 6.45) is 11.5. The van der Waals surface area contributed by atoms with Crippen LogP contribution in [0.4, 0.5) is 5.82 Å². The predicted molar refractivity (Wildman–Crippen MR) is 89.6 cm³/mol. The van der Waals surface area contributed by atoms with E-state index in [1.54, 1.807) is 17.1 Å². The zero-order chi connectivity index (χ0) is 16.6. The van der Waals surface area contributed by atoms with Crippen molar-refractivity contribution in [1.82, 2.24) is 29.9 Å². The van der Waals surface area contributed by atoms with E-state index in [1.165, 1.54) is 12.8 Å². The topological polar surface area (TPSA) is 85.8 Å². The summed E-state index contributed by atoms with van der Waals surface area (Å²) in [6, 6.07) is 1.88. The molecule has 1 saturated heterocycles. The summed E-state index contributed by atoms with van der Waals surface area (Å²) in [6.45, 7) is 1.82. The number of hydrogen-bond donors (Lipinski definition) is 0. The van der Waals surface area contributed by atoms with E-state index in [4.69, 9.17) is 4.52 Å². The van der Waals surface area contributed by atoms with Crippen molar-refractivity contribution in [2.24, 2.45) is 0 Å². The summed E-state index contributed by atoms with van der Waals surface area (Å²) >= 11 is 0. The van der Waals surface area contributed by atoms with Gasteiger partial charge in [-0.1, -0.05) is 5.16 Å². The van der Waals surface area contributed by atoms with Crippen LogP contribution in [0, 0.1) is 0 Å². The molecule has 0 unspecified atom stereocenters. The fraction of sp³-hybridized carbons (Fsp3) is 0.471. The van der Waals surface area contributed by atoms with Gasteiger partial charge in [-0.25, -0.2) is 9.67 Å². The highest BCUT2D eigenvalue weighted by Crippen LogP contribution is 2.39. The van der Waals surface area contributed by atoms with Crippen LogP contribution >= 0.6 is 0 Å². The molecule has 1 aliphatic carbocycles. The van der Waals surface area contributed by atoms with Crippen molar-refractivity contribution in [1.29, 1.82) is 0 Å². The Morgan fingerprint density at radius 2 is 1.80 bits per heavy atom. The molecule has 0 radical (unpaired) electrons. The first-order valence-corrected chi connectivity index (χ1v) is 8.77. The number of rotatable bonds is 4. The molecule has 3 aromatic heterocycles. The Morgan fingerprint density at radius 3 is 2.56 bits per heavy atom. The van der Waals surface area contributed by atoms with E-state index in [-0.39, 0.29) is 0 Å². The normalized spacial score (nSPS) is 18.6. The SMILES string of the molecule is c1cnn(-c2cncc(N3CCC(c4noc(C5CC5)n4)CC3)n2)c1. The third kappa shape index (κ3) is 2.88. The van der Waals surface area contributed by atoms with Gasteiger partial charge in [0.05, 0.1) is 12.4 Å². The average molecular weight is 337 g/mol. The molecular weight excluding hydrogens is 318 g/mol. The van der Waals surface area contributed by atoms with Crippen molar-refractivity contribution in [2.75, 3.05) is 18.0 Å². The molecule has 8 nitrogen and oxygen atoms in total.